The Labute approximate surface area is 133 Å². The summed E-state index contributed by atoms with van der Waals surface area (Å²) < 4.78 is 4.87. The molecule has 8 heteroatoms. The lowest BCUT2D eigenvalue weighted by molar-refractivity contribution is 0.0946. The van der Waals surface area contributed by atoms with Crippen LogP contribution in [-0.4, -0.2) is 54.0 Å². The van der Waals surface area contributed by atoms with Crippen molar-refractivity contribution in [1.82, 2.24) is 20.4 Å². The number of aryl methyl sites for hydroxylation is 1. The first kappa shape index (κ1) is 16.6. The maximum Gasteiger partial charge on any atom is 0.275 e. The van der Waals surface area contributed by atoms with Gasteiger partial charge in [0.05, 0.1) is 0 Å². The molecular formula is C15H19N5O3. The molecule has 0 atom stereocenters. The van der Waals surface area contributed by atoms with E-state index in [0.717, 1.165) is 6.54 Å². The average molecular weight is 317 g/mol. The molecule has 0 aliphatic rings. The number of anilines is 1. The van der Waals surface area contributed by atoms with Crippen LogP contribution in [0.2, 0.25) is 0 Å². The predicted octanol–water partition coefficient (Wildman–Crippen LogP) is 0.922. The fourth-order valence-electron chi connectivity index (χ4n) is 1.78. The summed E-state index contributed by atoms with van der Waals surface area (Å²) in [6, 6.07) is 6.29. The number of hydrogen-bond donors (Lipinski definition) is 2. The third-order valence-electron chi connectivity index (χ3n) is 2.93. The van der Waals surface area contributed by atoms with Crippen molar-refractivity contribution in [1.29, 1.82) is 0 Å². The van der Waals surface area contributed by atoms with Gasteiger partial charge in [-0.15, -0.1) is 0 Å². The van der Waals surface area contributed by atoms with Gasteiger partial charge in [-0.25, -0.2) is 4.98 Å². The van der Waals surface area contributed by atoms with E-state index in [1.54, 1.807) is 25.1 Å². The predicted molar refractivity (Wildman–Crippen MR) is 84.3 cm³/mol. The fraction of sp³-hybridized carbons (Fsp3) is 0.333. The Morgan fingerprint density at radius 3 is 2.52 bits per heavy atom. The Hall–Kier alpha value is -2.74. The minimum Gasteiger partial charge on any atom is -0.360 e. The van der Waals surface area contributed by atoms with Crippen LogP contribution in [0, 0.1) is 6.92 Å². The van der Waals surface area contributed by atoms with Crippen molar-refractivity contribution in [3.63, 3.8) is 0 Å². The molecule has 2 aromatic rings. The number of nitrogens with zero attached hydrogens (tertiary/aromatic N) is 3. The zero-order chi connectivity index (χ0) is 16.8. The molecule has 122 valence electrons. The highest BCUT2D eigenvalue weighted by atomic mass is 16.5. The summed E-state index contributed by atoms with van der Waals surface area (Å²) in [6.07, 6.45) is 0. The number of rotatable bonds is 6. The van der Waals surface area contributed by atoms with E-state index in [1.165, 1.54) is 6.07 Å². The zero-order valence-electron chi connectivity index (χ0n) is 13.3. The van der Waals surface area contributed by atoms with Crippen LogP contribution >= 0.6 is 0 Å². The number of amides is 2. The van der Waals surface area contributed by atoms with Crippen molar-refractivity contribution in [2.75, 3.05) is 32.5 Å². The Bertz CT molecular complexity index is 696. The van der Waals surface area contributed by atoms with Gasteiger partial charge in [-0.1, -0.05) is 11.2 Å². The Morgan fingerprint density at radius 1 is 1.22 bits per heavy atom. The minimum atomic E-state index is -0.457. The van der Waals surface area contributed by atoms with Crippen molar-refractivity contribution >= 4 is 17.6 Å². The van der Waals surface area contributed by atoms with Gasteiger partial charge in [0.15, 0.2) is 5.82 Å². The molecule has 0 bridgehead atoms. The van der Waals surface area contributed by atoms with E-state index >= 15 is 0 Å². The largest absolute Gasteiger partial charge is 0.360 e. The summed E-state index contributed by atoms with van der Waals surface area (Å²) in [4.78, 5) is 30.2. The summed E-state index contributed by atoms with van der Waals surface area (Å²) in [6.45, 7) is 2.94. The summed E-state index contributed by atoms with van der Waals surface area (Å²) in [5.74, 6) is 0.109. The number of nitrogens with one attached hydrogen (secondary N) is 2. The van der Waals surface area contributed by atoms with E-state index in [1.807, 2.05) is 19.0 Å². The molecule has 0 saturated carbocycles. The van der Waals surface area contributed by atoms with E-state index in [-0.39, 0.29) is 17.3 Å². The van der Waals surface area contributed by atoms with Crippen LogP contribution in [0.1, 0.15) is 26.7 Å². The Morgan fingerprint density at radius 2 is 1.91 bits per heavy atom. The second-order valence-electron chi connectivity index (χ2n) is 5.24. The van der Waals surface area contributed by atoms with Crippen LogP contribution < -0.4 is 10.6 Å². The van der Waals surface area contributed by atoms with Crippen LogP contribution in [0.5, 0.6) is 0 Å². The molecule has 8 nitrogen and oxygen atoms in total. The molecule has 0 unspecified atom stereocenters. The van der Waals surface area contributed by atoms with Gasteiger partial charge >= 0.3 is 0 Å². The van der Waals surface area contributed by atoms with Gasteiger partial charge in [0.2, 0.25) is 0 Å². The molecule has 2 rings (SSSR count). The van der Waals surface area contributed by atoms with Gasteiger partial charge in [-0.2, -0.15) is 0 Å². The number of pyridine rings is 1. The van der Waals surface area contributed by atoms with E-state index in [4.69, 9.17) is 4.52 Å². The van der Waals surface area contributed by atoms with Crippen LogP contribution in [0.4, 0.5) is 5.82 Å². The van der Waals surface area contributed by atoms with E-state index in [9.17, 15) is 9.59 Å². The van der Waals surface area contributed by atoms with Gasteiger partial charge in [0.1, 0.15) is 17.1 Å². The monoisotopic (exact) mass is 317 g/mol. The molecule has 0 saturated heterocycles. The van der Waals surface area contributed by atoms with Gasteiger partial charge in [0, 0.05) is 19.2 Å². The molecule has 0 aromatic carbocycles. The SMILES string of the molecule is Cc1cc(NC(=O)c2cccc(C(=O)NCCN(C)C)n2)no1. The number of aromatic nitrogens is 2. The highest BCUT2D eigenvalue weighted by molar-refractivity contribution is 6.03. The molecule has 0 aliphatic heterocycles. The lowest BCUT2D eigenvalue weighted by atomic mass is 10.2. The Balaban J connectivity index is 2.01. The van der Waals surface area contributed by atoms with E-state index in [0.29, 0.717) is 18.1 Å². The normalized spacial score (nSPS) is 10.6. The maximum atomic E-state index is 12.1. The van der Waals surface area contributed by atoms with Gasteiger partial charge in [0.25, 0.3) is 11.8 Å². The molecule has 0 fully saturated rings. The first-order valence-electron chi connectivity index (χ1n) is 7.10. The fourth-order valence-corrected chi connectivity index (χ4v) is 1.78. The van der Waals surface area contributed by atoms with Crippen LogP contribution in [0.3, 0.4) is 0 Å². The van der Waals surface area contributed by atoms with Crippen molar-refractivity contribution in [3.8, 4) is 0 Å². The molecule has 2 heterocycles. The minimum absolute atomic E-state index is 0.130. The van der Waals surface area contributed by atoms with Crippen LogP contribution in [0.25, 0.3) is 0 Å². The van der Waals surface area contributed by atoms with E-state index in [2.05, 4.69) is 20.8 Å². The smallest absolute Gasteiger partial charge is 0.275 e. The van der Waals surface area contributed by atoms with Crippen molar-refractivity contribution < 1.29 is 14.1 Å². The molecule has 0 radical (unpaired) electrons. The van der Waals surface area contributed by atoms with Gasteiger partial charge in [-0.3, -0.25) is 9.59 Å². The molecular weight excluding hydrogens is 298 g/mol. The summed E-state index contributed by atoms with van der Waals surface area (Å²) in [7, 11) is 3.84. The molecule has 0 aliphatic carbocycles. The van der Waals surface area contributed by atoms with Crippen molar-refractivity contribution in [2.45, 2.75) is 6.92 Å². The highest BCUT2D eigenvalue weighted by Gasteiger charge is 2.13. The van der Waals surface area contributed by atoms with Gasteiger partial charge < -0.3 is 20.1 Å². The first-order chi connectivity index (χ1) is 11.0. The number of likely N-dealkylation sites (N-methyl/N-ethyl adjacent to an activating group) is 1. The van der Waals surface area contributed by atoms with Crippen LogP contribution in [-0.2, 0) is 0 Å². The second-order valence-corrected chi connectivity index (χ2v) is 5.24. The molecule has 2 N–H and O–H groups in total. The second kappa shape index (κ2) is 7.50. The van der Waals surface area contributed by atoms with E-state index < -0.39 is 5.91 Å². The summed E-state index contributed by atoms with van der Waals surface area (Å²) >= 11 is 0. The highest BCUT2D eigenvalue weighted by Crippen LogP contribution is 2.09. The zero-order valence-corrected chi connectivity index (χ0v) is 13.3. The van der Waals surface area contributed by atoms with Crippen molar-refractivity contribution in [3.05, 3.63) is 41.4 Å². The number of carbonyl (C=O) groups is 2. The molecule has 2 aromatic heterocycles. The Kier molecular flexibility index (Phi) is 5.42. The lowest BCUT2D eigenvalue weighted by Gasteiger charge is -2.10. The van der Waals surface area contributed by atoms with Crippen LogP contribution in [0.15, 0.2) is 28.8 Å². The summed E-state index contributed by atoms with van der Waals surface area (Å²) in [5.41, 5.74) is 0.318. The van der Waals surface area contributed by atoms with Crippen molar-refractivity contribution in [2.24, 2.45) is 0 Å². The number of hydrogen-bond acceptors (Lipinski definition) is 6. The molecule has 2 amide bonds. The summed E-state index contributed by atoms with van der Waals surface area (Å²) in [5, 5.41) is 8.98. The topological polar surface area (TPSA) is 100 Å². The quantitative estimate of drug-likeness (QED) is 0.822. The maximum absolute atomic E-state index is 12.1. The lowest BCUT2D eigenvalue weighted by Crippen LogP contribution is -2.32. The molecule has 23 heavy (non-hydrogen) atoms. The molecule has 0 spiro atoms. The standard InChI is InChI=1S/C15H19N5O3/c1-10-9-13(19-23-10)18-15(22)12-6-4-5-11(17-12)14(21)16-7-8-20(2)3/h4-6,9H,7-8H2,1-3H3,(H,16,21)(H,18,19,22). The van der Waals surface area contributed by atoms with Gasteiger partial charge in [-0.05, 0) is 33.2 Å². The third-order valence-corrected chi connectivity index (χ3v) is 2.93. The number of carbonyl (C=O) groups excluding carboxylic acids is 2. The average Bonchev–Trinajstić information content (AvgIpc) is 2.92. The third kappa shape index (κ3) is 4.89. The first-order valence-corrected chi connectivity index (χ1v) is 7.10.